The molecule has 0 radical (unpaired) electrons. The van der Waals surface area contributed by atoms with E-state index in [0.29, 0.717) is 41.0 Å². The molecule has 3 rings (SSSR count). The van der Waals surface area contributed by atoms with E-state index in [1.807, 2.05) is 42.5 Å². The maximum Gasteiger partial charge on any atom is 0.277 e. The first kappa shape index (κ1) is 25.6. The Kier molecular flexibility index (Phi) is 9.57. The van der Waals surface area contributed by atoms with Crippen molar-refractivity contribution in [3.8, 4) is 23.0 Å². The van der Waals surface area contributed by atoms with Gasteiger partial charge in [-0.2, -0.15) is 5.10 Å². The van der Waals surface area contributed by atoms with Gasteiger partial charge in [0.15, 0.2) is 29.6 Å². The average Bonchev–Trinajstić information content (AvgIpc) is 2.88. The number of hydrogen-bond donors (Lipinski definition) is 1. The van der Waals surface area contributed by atoms with Crippen LogP contribution in [0.5, 0.6) is 23.0 Å². The summed E-state index contributed by atoms with van der Waals surface area (Å²) in [7, 11) is 3.11. The van der Waals surface area contributed by atoms with Crippen LogP contribution in [0.4, 0.5) is 0 Å². The lowest BCUT2D eigenvalue weighted by Gasteiger charge is -2.12. The van der Waals surface area contributed by atoms with E-state index in [-0.39, 0.29) is 6.61 Å². The van der Waals surface area contributed by atoms with Crippen LogP contribution in [0.2, 0.25) is 5.02 Å². The number of hydrazone groups is 1. The van der Waals surface area contributed by atoms with E-state index in [2.05, 4.69) is 17.1 Å². The number of carbonyl (C=O) groups excluding carboxylic acids is 1. The van der Waals surface area contributed by atoms with Gasteiger partial charge in [0.05, 0.1) is 20.4 Å². The molecular formula is C27H27ClN2O5. The summed E-state index contributed by atoms with van der Waals surface area (Å²) in [5.74, 6) is 1.74. The van der Waals surface area contributed by atoms with Gasteiger partial charge in [-0.25, -0.2) is 5.43 Å². The highest BCUT2D eigenvalue weighted by atomic mass is 35.5. The van der Waals surface area contributed by atoms with Gasteiger partial charge in [-0.1, -0.05) is 35.9 Å². The summed E-state index contributed by atoms with van der Waals surface area (Å²) in [5.41, 5.74) is 5.19. The first-order valence-corrected chi connectivity index (χ1v) is 11.2. The lowest BCUT2D eigenvalue weighted by molar-refractivity contribution is -0.123. The quantitative estimate of drug-likeness (QED) is 0.213. The summed E-state index contributed by atoms with van der Waals surface area (Å²) in [5, 5.41) is 4.66. The minimum absolute atomic E-state index is 0.213. The monoisotopic (exact) mass is 494 g/mol. The second-order valence-electron chi connectivity index (χ2n) is 7.39. The molecule has 0 unspecified atom stereocenters. The molecule has 0 heterocycles. The number of carbonyl (C=O) groups is 1. The van der Waals surface area contributed by atoms with Crippen molar-refractivity contribution in [3.63, 3.8) is 0 Å². The molecule has 0 aliphatic carbocycles. The highest BCUT2D eigenvalue weighted by Crippen LogP contribution is 2.29. The van der Waals surface area contributed by atoms with E-state index in [0.717, 1.165) is 16.7 Å². The van der Waals surface area contributed by atoms with Crippen molar-refractivity contribution in [1.29, 1.82) is 0 Å². The molecule has 7 nitrogen and oxygen atoms in total. The van der Waals surface area contributed by atoms with Crippen LogP contribution in [0, 0.1) is 0 Å². The Hall–Kier alpha value is -3.97. The Balaban J connectivity index is 1.52. The van der Waals surface area contributed by atoms with Gasteiger partial charge in [-0.3, -0.25) is 4.79 Å². The first-order valence-electron chi connectivity index (χ1n) is 10.8. The maximum absolute atomic E-state index is 12.1. The fraction of sp³-hybridized carbons (Fsp3) is 0.185. The molecule has 35 heavy (non-hydrogen) atoms. The summed E-state index contributed by atoms with van der Waals surface area (Å²) in [6.45, 7) is 3.89. The van der Waals surface area contributed by atoms with Crippen LogP contribution in [-0.4, -0.2) is 32.9 Å². The molecule has 3 aromatic rings. The predicted molar refractivity (Wildman–Crippen MR) is 137 cm³/mol. The third-order valence-electron chi connectivity index (χ3n) is 4.86. The van der Waals surface area contributed by atoms with E-state index in [4.69, 9.17) is 30.5 Å². The number of methoxy groups -OCH3 is 2. The van der Waals surface area contributed by atoms with Crippen LogP contribution in [0.1, 0.15) is 16.7 Å². The van der Waals surface area contributed by atoms with E-state index in [1.54, 1.807) is 38.5 Å². The van der Waals surface area contributed by atoms with E-state index in [9.17, 15) is 4.79 Å². The standard InChI is InChI=1S/C27H27ClN2O5/c1-4-5-19-8-12-24(25(14-19)32-2)35-18-27(31)30-29-16-21-9-13-23(26(15-21)33-3)34-17-20-6-10-22(28)11-7-20/h4,6-16H,1,5,17-18H2,2-3H3,(H,30,31). The highest BCUT2D eigenvalue weighted by Gasteiger charge is 2.09. The fourth-order valence-corrected chi connectivity index (χ4v) is 3.23. The van der Waals surface area contributed by atoms with Crippen molar-refractivity contribution in [3.05, 3.63) is 95.0 Å². The molecule has 8 heteroatoms. The second-order valence-corrected chi connectivity index (χ2v) is 7.82. The van der Waals surface area contributed by atoms with Crippen LogP contribution in [0.25, 0.3) is 0 Å². The molecule has 0 aromatic heterocycles. The molecule has 1 N–H and O–H groups in total. The lowest BCUT2D eigenvalue weighted by Crippen LogP contribution is -2.24. The van der Waals surface area contributed by atoms with Crippen molar-refractivity contribution in [2.24, 2.45) is 5.10 Å². The van der Waals surface area contributed by atoms with Gasteiger partial charge < -0.3 is 18.9 Å². The van der Waals surface area contributed by atoms with Crippen LogP contribution in [0.15, 0.2) is 78.4 Å². The zero-order chi connectivity index (χ0) is 25.0. The average molecular weight is 495 g/mol. The number of allylic oxidation sites excluding steroid dienone is 1. The molecule has 0 aliphatic heterocycles. The number of nitrogens with one attached hydrogen (secondary N) is 1. The third-order valence-corrected chi connectivity index (χ3v) is 5.12. The molecule has 0 fully saturated rings. The molecule has 0 saturated carbocycles. The Morgan fingerprint density at radius 1 is 0.914 bits per heavy atom. The number of ether oxygens (including phenoxy) is 4. The maximum atomic E-state index is 12.1. The third kappa shape index (κ3) is 7.79. The Bertz CT molecular complexity index is 1180. The highest BCUT2D eigenvalue weighted by molar-refractivity contribution is 6.30. The van der Waals surface area contributed by atoms with E-state index < -0.39 is 5.91 Å². The molecule has 0 bridgehead atoms. The van der Waals surface area contributed by atoms with Crippen LogP contribution < -0.4 is 24.4 Å². The number of halogens is 1. The number of rotatable bonds is 12. The van der Waals surface area contributed by atoms with Gasteiger partial charge in [0.2, 0.25) is 0 Å². The molecule has 0 saturated heterocycles. The Labute approximate surface area is 209 Å². The van der Waals surface area contributed by atoms with Crippen molar-refractivity contribution in [2.45, 2.75) is 13.0 Å². The van der Waals surface area contributed by atoms with E-state index >= 15 is 0 Å². The summed E-state index contributed by atoms with van der Waals surface area (Å²) < 4.78 is 22.2. The molecule has 1 amide bonds. The molecular weight excluding hydrogens is 468 g/mol. The summed E-state index contributed by atoms with van der Waals surface area (Å²) in [4.78, 5) is 12.1. The molecule has 0 aliphatic rings. The van der Waals surface area contributed by atoms with Gasteiger partial charge in [0.1, 0.15) is 6.61 Å². The smallest absolute Gasteiger partial charge is 0.277 e. The van der Waals surface area contributed by atoms with Crippen LogP contribution in [-0.2, 0) is 17.8 Å². The number of benzene rings is 3. The molecule has 0 atom stereocenters. The summed E-state index contributed by atoms with van der Waals surface area (Å²) >= 11 is 5.91. The van der Waals surface area contributed by atoms with E-state index in [1.165, 1.54) is 6.21 Å². The van der Waals surface area contributed by atoms with Crippen molar-refractivity contribution in [1.82, 2.24) is 5.43 Å². The van der Waals surface area contributed by atoms with Crippen molar-refractivity contribution in [2.75, 3.05) is 20.8 Å². The van der Waals surface area contributed by atoms with Crippen LogP contribution in [0.3, 0.4) is 0 Å². The first-order chi connectivity index (χ1) is 17.0. The largest absolute Gasteiger partial charge is 0.493 e. The normalized spacial score (nSPS) is 10.6. The number of nitrogens with zero attached hydrogens (tertiary/aromatic N) is 1. The topological polar surface area (TPSA) is 78.4 Å². The fourth-order valence-electron chi connectivity index (χ4n) is 3.10. The van der Waals surface area contributed by atoms with Gasteiger partial charge >= 0.3 is 0 Å². The molecule has 182 valence electrons. The zero-order valence-electron chi connectivity index (χ0n) is 19.6. The SMILES string of the molecule is C=CCc1ccc(OCC(=O)NN=Cc2ccc(OCc3ccc(Cl)cc3)c(OC)c2)c(OC)c1. The Morgan fingerprint density at radius 2 is 1.57 bits per heavy atom. The van der Waals surface area contributed by atoms with Gasteiger partial charge in [-0.15, -0.1) is 6.58 Å². The molecule has 0 spiro atoms. The van der Waals surface area contributed by atoms with Gasteiger partial charge in [0.25, 0.3) is 5.91 Å². The van der Waals surface area contributed by atoms with Gasteiger partial charge in [0, 0.05) is 5.02 Å². The number of amides is 1. The van der Waals surface area contributed by atoms with Gasteiger partial charge in [-0.05, 0) is 65.6 Å². The van der Waals surface area contributed by atoms with Crippen LogP contribution >= 0.6 is 11.6 Å². The summed E-state index contributed by atoms with van der Waals surface area (Å²) in [6, 6.07) is 18.3. The Morgan fingerprint density at radius 3 is 2.29 bits per heavy atom. The second kappa shape index (κ2) is 13.1. The minimum Gasteiger partial charge on any atom is -0.493 e. The molecule has 3 aromatic carbocycles. The summed E-state index contributed by atoms with van der Waals surface area (Å²) in [6.07, 6.45) is 4.03. The lowest BCUT2D eigenvalue weighted by atomic mass is 10.1. The van der Waals surface area contributed by atoms with Crippen molar-refractivity contribution >= 4 is 23.7 Å². The predicted octanol–water partition coefficient (Wildman–Crippen LogP) is 5.19. The number of hydrogen-bond acceptors (Lipinski definition) is 6. The minimum atomic E-state index is -0.409. The zero-order valence-corrected chi connectivity index (χ0v) is 20.4. The van der Waals surface area contributed by atoms with Crippen molar-refractivity contribution < 1.29 is 23.7 Å².